The normalized spacial score (nSPS) is 19.6. The van der Waals surface area contributed by atoms with Crippen molar-refractivity contribution < 1.29 is 23.8 Å². The molecule has 2 aromatic rings. The number of halogens is 1. The van der Waals surface area contributed by atoms with E-state index >= 15 is 0 Å². The highest BCUT2D eigenvalue weighted by molar-refractivity contribution is 7.81. The molecule has 0 radical (unpaired) electrons. The Morgan fingerprint density at radius 3 is 2.90 bits per heavy atom. The largest absolute Gasteiger partial charge is 0.481 e. The van der Waals surface area contributed by atoms with Gasteiger partial charge in [-0.3, -0.25) is 9.69 Å². The van der Waals surface area contributed by atoms with E-state index in [0.29, 0.717) is 25.2 Å². The number of hydrogen-bond acceptors (Lipinski definition) is 7. The molecule has 2 atom stereocenters. The second kappa shape index (κ2) is 9.86. The molecule has 1 aromatic carbocycles. The number of carboxylic acids is 1. The van der Waals surface area contributed by atoms with E-state index in [1.165, 1.54) is 17.9 Å². The van der Waals surface area contributed by atoms with Crippen molar-refractivity contribution in [3.8, 4) is 0 Å². The minimum Gasteiger partial charge on any atom is -0.481 e. The first-order valence-corrected chi connectivity index (χ1v) is 9.97. The lowest BCUT2D eigenvalue weighted by molar-refractivity contribution is -0.147. The third-order valence-electron chi connectivity index (χ3n) is 5.01. The molecule has 8 nitrogen and oxygen atoms in total. The van der Waals surface area contributed by atoms with Gasteiger partial charge in [-0.2, -0.15) is 12.6 Å². The van der Waals surface area contributed by atoms with Gasteiger partial charge in [-0.1, -0.05) is 23.4 Å². The number of thiol groups is 1. The molecule has 2 unspecified atom stereocenters. The number of piperidine rings is 1. The highest BCUT2D eigenvalue weighted by Crippen LogP contribution is 2.32. The fraction of sp³-hybridized carbons (Fsp3) is 0.400. The van der Waals surface area contributed by atoms with E-state index in [0.717, 1.165) is 5.57 Å². The molecule has 3 rings (SSSR count). The molecule has 1 fully saturated rings. The van der Waals surface area contributed by atoms with E-state index in [1.54, 1.807) is 24.4 Å². The summed E-state index contributed by atoms with van der Waals surface area (Å²) in [5, 5.41) is 16.6. The van der Waals surface area contributed by atoms with Gasteiger partial charge in [0.15, 0.2) is 0 Å². The highest BCUT2D eigenvalue weighted by Gasteiger charge is 2.34. The molecular weight excluding hydrogens is 411 g/mol. The summed E-state index contributed by atoms with van der Waals surface area (Å²) >= 11 is 4.65. The second-order valence-corrected chi connectivity index (χ2v) is 7.59. The van der Waals surface area contributed by atoms with E-state index in [2.05, 4.69) is 22.9 Å². The van der Waals surface area contributed by atoms with Crippen LogP contribution in [0.3, 0.4) is 0 Å². The summed E-state index contributed by atoms with van der Waals surface area (Å²) in [4.78, 5) is 25.2. The van der Waals surface area contributed by atoms with Crippen LogP contribution in [-0.2, 0) is 20.9 Å². The van der Waals surface area contributed by atoms with Gasteiger partial charge >= 0.3 is 11.9 Å². The topological polar surface area (TPSA) is 97.5 Å². The summed E-state index contributed by atoms with van der Waals surface area (Å²) in [7, 11) is 1.28. The Labute approximate surface area is 178 Å². The van der Waals surface area contributed by atoms with Crippen molar-refractivity contribution in [1.29, 1.82) is 0 Å². The first-order valence-electron chi connectivity index (χ1n) is 9.45. The van der Waals surface area contributed by atoms with Crippen LogP contribution in [0.4, 0.5) is 4.39 Å². The summed E-state index contributed by atoms with van der Waals surface area (Å²) in [5.74, 6) is -1.93. The van der Waals surface area contributed by atoms with Crippen LogP contribution in [0.25, 0.3) is 6.08 Å². The summed E-state index contributed by atoms with van der Waals surface area (Å²) in [6, 6.07) is 5.28. The SMILES string of the molecule is COC(=O)C(c1ccccc1F)N1CCC(S)/C(=C/c2cnnn2CCC(=O)O)C1. The van der Waals surface area contributed by atoms with E-state index in [4.69, 9.17) is 9.84 Å². The van der Waals surface area contributed by atoms with Crippen LogP contribution in [0, 0.1) is 5.82 Å². The summed E-state index contributed by atoms with van der Waals surface area (Å²) in [6.07, 6.45) is 3.96. The summed E-state index contributed by atoms with van der Waals surface area (Å²) in [5.41, 5.74) is 1.80. The van der Waals surface area contributed by atoms with Crippen molar-refractivity contribution in [3.05, 3.63) is 53.1 Å². The predicted molar refractivity (Wildman–Crippen MR) is 110 cm³/mol. The average molecular weight is 434 g/mol. The zero-order chi connectivity index (χ0) is 21.7. The van der Waals surface area contributed by atoms with Gasteiger partial charge in [-0.05, 0) is 24.1 Å². The lowest BCUT2D eigenvalue weighted by Gasteiger charge is -2.36. The Morgan fingerprint density at radius 2 is 2.20 bits per heavy atom. The number of benzene rings is 1. The van der Waals surface area contributed by atoms with Crippen LogP contribution < -0.4 is 0 Å². The number of rotatable bonds is 7. The molecule has 1 N–H and O–H groups in total. The fourth-order valence-corrected chi connectivity index (χ4v) is 3.75. The maximum atomic E-state index is 14.4. The Bertz CT molecular complexity index is 948. The predicted octanol–water partition coefficient (Wildman–Crippen LogP) is 2.19. The quantitative estimate of drug-likeness (QED) is 0.509. The van der Waals surface area contributed by atoms with Crippen molar-refractivity contribution in [2.45, 2.75) is 30.7 Å². The first kappa shape index (κ1) is 22.0. The number of aliphatic carboxylic acids is 1. The molecule has 0 saturated carbocycles. The number of aromatic nitrogens is 3. The number of carboxylic acid groups (broad SMARTS) is 1. The van der Waals surface area contributed by atoms with Crippen LogP contribution in [0.5, 0.6) is 0 Å². The van der Waals surface area contributed by atoms with E-state index in [-0.39, 0.29) is 23.8 Å². The molecule has 1 saturated heterocycles. The number of carbonyl (C=O) groups is 2. The average Bonchev–Trinajstić information content (AvgIpc) is 3.17. The number of carbonyl (C=O) groups excluding carboxylic acids is 1. The van der Waals surface area contributed by atoms with Crippen LogP contribution in [0.2, 0.25) is 0 Å². The molecule has 30 heavy (non-hydrogen) atoms. The van der Waals surface area contributed by atoms with Crippen LogP contribution in [0.15, 0.2) is 36.0 Å². The Morgan fingerprint density at radius 1 is 1.43 bits per heavy atom. The Kier molecular flexibility index (Phi) is 7.22. The smallest absolute Gasteiger partial charge is 0.327 e. The zero-order valence-corrected chi connectivity index (χ0v) is 17.3. The molecule has 0 aliphatic carbocycles. The number of aryl methyl sites for hydroxylation is 1. The first-order chi connectivity index (χ1) is 14.4. The summed E-state index contributed by atoms with van der Waals surface area (Å²) < 4.78 is 20.9. The molecule has 1 aliphatic rings. The van der Waals surface area contributed by atoms with Crippen LogP contribution in [-0.4, -0.2) is 62.4 Å². The monoisotopic (exact) mass is 434 g/mol. The van der Waals surface area contributed by atoms with Gasteiger partial charge in [-0.25, -0.2) is 13.9 Å². The van der Waals surface area contributed by atoms with Crippen molar-refractivity contribution in [2.24, 2.45) is 0 Å². The molecule has 1 aliphatic heterocycles. The zero-order valence-electron chi connectivity index (χ0n) is 16.4. The maximum Gasteiger partial charge on any atom is 0.327 e. The van der Waals surface area contributed by atoms with E-state index < -0.39 is 23.8 Å². The van der Waals surface area contributed by atoms with Crippen molar-refractivity contribution in [2.75, 3.05) is 20.2 Å². The minimum absolute atomic E-state index is 0.0667. The number of methoxy groups -OCH3 is 1. The van der Waals surface area contributed by atoms with Gasteiger partial charge in [0.05, 0.1) is 32.0 Å². The number of esters is 1. The van der Waals surface area contributed by atoms with Gasteiger partial charge in [-0.15, -0.1) is 5.10 Å². The van der Waals surface area contributed by atoms with E-state index in [9.17, 15) is 14.0 Å². The molecule has 1 aromatic heterocycles. The van der Waals surface area contributed by atoms with Gasteiger partial charge in [0.25, 0.3) is 0 Å². The standard InChI is InChI=1S/C20H23FN4O4S/c1-29-20(28)19(15-4-2-3-5-16(15)21)24-8-6-17(30)13(12-24)10-14-11-22-23-25(14)9-7-18(26)27/h2-5,10-11,17,19,30H,6-9,12H2,1H3,(H,26,27)/b13-10+. The van der Waals surface area contributed by atoms with Gasteiger partial charge < -0.3 is 9.84 Å². The number of hydrogen-bond donors (Lipinski definition) is 2. The lowest BCUT2D eigenvalue weighted by Crippen LogP contribution is -2.42. The van der Waals surface area contributed by atoms with Crippen molar-refractivity contribution in [1.82, 2.24) is 19.9 Å². The lowest BCUT2D eigenvalue weighted by atomic mass is 9.97. The second-order valence-electron chi connectivity index (χ2n) is 6.97. The molecule has 0 amide bonds. The molecule has 0 bridgehead atoms. The molecule has 10 heteroatoms. The minimum atomic E-state index is -0.925. The van der Waals surface area contributed by atoms with Crippen LogP contribution in [0.1, 0.15) is 30.1 Å². The Hall–Kier alpha value is -2.72. The van der Waals surface area contributed by atoms with Crippen molar-refractivity contribution >= 4 is 30.6 Å². The van der Waals surface area contributed by atoms with Crippen molar-refractivity contribution in [3.63, 3.8) is 0 Å². The Balaban J connectivity index is 1.88. The third kappa shape index (κ3) is 5.06. The number of nitrogens with zero attached hydrogens (tertiary/aromatic N) is 4. The fourth-order valence-electron chi connectivity index (χ4n) is 3.48. The molecule has 0 spiro atoms. The summed E-state index contributed by atoms with van der Waals surface area (Å²) in [6.45, 7) is 1.10. The van der Waals surface area contributed by atoms with Gasteiger partial charge in [0.1, 0.15) is 11.9 Å². The highest BCUT2D eigenvalue weighted by atomic mass is 32.1. The molecule has 160 valence electrons. The number of ether oxygens (including phenoxy) is 1. The van der Waals surface area contributed by atoms with Gasteiger partial charge in [0.2, 0.25) is 0 Å². The molecule has 2 heterocycles. The maximum absolute atomic E-state index is 14.4. The van der Waals surface area contributed by atoms with Gasteiger partial charge in [0, 0.05) is 23.9 Å². The molecular formula is C20H23FN4O4S. The van der Waals surface area contributed by atoms with Crippen LogP contribution >= 0.6 is 12.6 Å². The third-order valence-corrected chi connectivity index (χ3v) is 5.60. The number of likely N-dealkylation sites (tertiary alicyclic amines) is 1. The van der Waals surface area contributed by atoms with E-state index in [1.807, 2.05) is 11.0 Å².